The highest BCUT2D eigenvalue weighted by atomic mass is 35.5. The third-order valence-electron chi connectivity index (χ3n) is 7.09. The SMILES string of the molecule is CC(C)(C)OC(=O)NC1CC2CCC1C2C(=O)C(N)C(F)(F)c1ccc(-c2ccc(Cl)cc2)cc1. The molecule has 0 spiro atoms. The number of amides is 1. The minimum atomic E-state index is -3.52. The third kappa shape index (κ3) is 5.36. The van der Waals surface area contributed by atoms with Crippen molar-refractivity contribution >= 4 is 23.5 Å². The maximum Gasteiger partial charge on any atom is 0.407 e. The Bertz CT molecular complexity index is 1080. The Balaban J connectivity index is 1.45. The van der Waals surface area contributed by atoms with Gasteiger partial charge in [0.05, 0.1) is 0 Å². The molecule has 1 amide bonds. The van der Waals surface area contributed by atoms with E-state index in [4.69, 9.17) is 22.1 Å². The number of benzene rings is 2. The van der Waals surface area contributed by atoms with Crippen LogP contribution in [0.3, 0.4) is 0 Å². The molecular formula is C27H31ClF2N2O3. The Morgan fingerprint density at radius 3 is 2.17 bits per heavy atom. The van der Waals surface area contributed by atoms with E-state index in [1.165, 1.54) is 12.1 Å². The van der Waals surface area contributed by atoms with Crippen molar-refractivity contribution in [3.05, 3.63) is 59.1 Å². The number of fused-ring (bicyclic) bond motifs is 2. The van der Waals surface area contributed by atoms with Crippen LogP contribution in [0, 0.1) is 17.8 Å². The molecule has 5 atom stereocenters. The number of carbonyl (C=O) groups excluding carboxylic acids is 2. The molecule has 0 saturated heterocycles. The van der Waals surface area contributed by atoms with Crippen LogP contribution in [0.4, 0.5) is 13.6 Å². The number of rotatable bonds is 6. The Hall–Kier alpha value is -2.51. The molecule has 0 aromatic heterocycles. The van der Waals surface area contributed by atoms with Gasteiger partial charge in [0.15, 0.2) is 5.78 Å². The minimum absolute atomic E-state index is 0.0680. The van der Waals surface area contributed by atoms with Gasteiger partial charge in [0.2, 0.25) is 0 Å². The largest absolute Gasteiger partial charge is 0.444 e. The molecule has 0 aliphatic heterocycles. The highest BCUT2D eigenvalue weighted by Gasteiger charge is 2.56. The summed E-state index contributed by atoms with van der Waals surface area (Å²) in [5.74, 6) is -5.04. The minimum Gasteiger partial charge on any atom is -0.444 e. The van der Waals surface area contributed by atoms with Gasteiger partial charge >= 0.3 is 6.09 Å². The van der Waals surface area contributed by atoms with Crippen LogP contribution in [-0.4, -0.2) is 29.6 Å². The number of alkyl carbamates (subject to hydrolysis) is 1. The average Bonchev–Trinajstić information content (AvgIpc) is 3.35. The normalized spacial score (nSPS) is 24.8. The number of halogens is 3. The van der Waals surface area contributed by atoms with E-state index in [2.05, 4.69) is 5.32 Å². The molecule has 2 aliphatic rings. The molecule has 2 fully saturated rings. The van der Waals surface area contributed by atoms with Crippen LogP contribution in [0.15, 0.2) is 48.5 Å². The van der Waals surface area contributed by atoms with Crippen molar-refractivity contribution in [1.29, 1.82) is 0 Å². The van der Waals surface area contributed by atoms with Crippen LogP contribution >= 0.6 is 11.6 Å². The van der Waals surface area contributed by atoms with Gasteiger partial charge in [-0.3, -0.25) is 4.79 Å². The fraction of sp³-hybridized carbons (Fsp3) is 0.481. The summed E-state index contributed by atoms with van der Waals surface area (Å²) in [5, 5.41) is 3.43. The van der Waals surface area contributed by atoms with Crippen LogP contribution in [0.25, 0.3) is 11.1 Å². The zero-order valence-electron chi connectivity index (χ0n) is 20.1. The fourth-order valence-corrected chi connectivity index (χ4v) is 5.62. The first-order valence-corrected chi connectivity index (χ1v) is 12.3. The van der Waals surface area contributed by atoms with Gasteiger partial charge in [-0.25, -0.2) is 4.79 Å². The average molecular weight is 505 g/mol. The molecule has 0 radical (unpaired) electrons. The van der Waals surface area contributed by atoms with E-state index in [0.29, 0.717) is 17.9 Å². The number of carbonyl (C=O) groups is 2. The first-order chi connectivity index (χ1) is 16.4. The van der Waals surface area contributed by atoms with E-state index in [9.17, 15) is 9.59 Å². The van der Waals surface area contributed by atoms with Crippen molar-refractivity contribution in [2.24, 2.45) is 23.5 Å². The van der Waals surface area contributed by atoms with Gasteiger partial charge in [0.1, 0.15) is 11.6 Å². The second-order valence-electron chi connectivity index (χ2n) is 10.6. The molecule has 2 aromatic rings. The quantitative estimate of drug-likeness (QED) is 0.510. The summed E-state index contributed by atoms with van der Waals surface area (Å²) in [4.78, 5) is 25.5. The predicted octanol–water partition coefficient (Wildman–Crippen LogP) is 5.93. The van der Waals surface area contributed by atoms with Crippen molar-refractivity contribution in [3.8, 4) is 11.1 Å². The van der Waals surface area contributed by atoms with Crippen LogP contribution in [0.5, 0.6) is 0 Å². The molecule has 2 saturated carbocycles. The van der Waals surface area contributed by atoms with E-state index in [1.807, 2.05) is 12.1 Å². The number of hydrogen-bond acceptors (Lipinski definition) is 4. The maximum atomic E-state index is 15.4. The van der Waals surface area contributed by atoms with E-state index in [1.54, 1.807) is 45.0 Å². The summed E-state index contributed by atoms with van der Waals surface area (Å²) in [6.07, 6.45) is 1.46. The van der Waals surface area contributed by atoms with Gasteiger partial charge < -0.3 is 15.8 Å². The Kier molecular flexibility index (Phi) is 6.95. The van der Waals surface area contributed by atoms with Gasteiger partial charge in [0.25, 0.3) is 5.92 Å². The summed E-state index contributed by atoms with van der Waals surface area (Å²) in [6.45, 7) is 5.30. The van der Waals surface area contributed by atoms with Crippen molar-refractivity contribution in [2.45, 2.75) is 63.6 Å². The van der Waals surface area contributed by atoms with Crippen molar-refractivity contribution in [1.82, 2.24) is 5.32 Å². The van der Waals surface area contributed by atoms with E-state index in [-0.39, 0.29) is 23.4 Å². The highest BCUT2D eigenvalue weighted by Crippen LogP contribution is 2.51. The zero-order valence-corrected chi connectivity index (χ0v) is 20.8. The Labute approximate surface area is 209 Å². The van der Waals surface area contributed by atoms with E-state index in [0.717, 1.165) is 17.5 Å². The Morgan fingerprint density at radius 1 is 1.03 bits per heavy atom. The summed E-state index contributed by atoms with van der Waals surface area (Å²) in [5.41, 5.74) is 6.58. The second kappa shape index (κ2) is 9.51. The van der Waals surface area contributed by atoms with Crippen LogP contribution in [0.1, 0.15) is 45.6 Å². The molecule has 2 aliphatic carbocycles. The van der Waals surface area contributed by atoms with Gasteiger partial charge in [-0.2, -0.15) is 8.78 Å². The van der Waals surface area contributed by atoms with Crippen LogP contribution in [0.2, 0.25) is 5.02 Å². The summed E-state index contributed by atoms with van der Waals surface area (Å²) >= 11 is 5.91. The smallest absolute Gasteiger partial charge is 0.407 e. The number of ketones is 1. The molecule has 4 rings (SSSR count). The van der Waals surface area contributed by atoms with Crippen molar-refractivity contribution in [2.75, 3.05) is 0 Å². The van der Waals surface area contributed by atoms with E-state index >= 15 is 8.78 Å². The lowest BCUT2D eigenvalue weighted by Gasteiger charge is -2.28. The van der Waals surface area contributed by atoms with Crippen LogP contribution < -0.4 is 11.1 Å². The number of Topliss-reactive ketones (excluding diaryl/α,β-unsaturated/α-hetero) is 1. The summed E-state index contributed by atoms with van der Waals surface area (Å²) in [7, 11) is 0. The number of hydrogen-bond donors (Lipinski definition) is 2. The monoisotopic (exact) mass is 504 g/mol. The van der Waals surface area contributed by atoms with Gasteiger partial charge in [-0.05, 0) is 75.1 Å². The van der Waals surface area contributed by atoms with Crippen LogP contribution in [-0.2, 0) is 15.5 Å². The number of nitrogens with one attached hydrogen (secondary N) is 1. The topological polar surface area (TPSA) is 81.4 Å². The van der Waals surface area contributed by atoms with Crippen molar-refractivity contribution < 1.29 is 23.1 Å². The number of nitrogens with two attached hydrogens (primary N) is 1. The molecule has 8 heteroatoms. The standard InChI is InChI=1S/C27H31ClF2N2O3/c1-26(2,3)35-25(34)32-21-14-17-8-13-20(21)22(17)23(33)24(31)27(29,30)18-9-4-15(5-10-18)16-6-11-19(28)12-7-16/h4-7,9-12,17,20-22,24H,8,13-14,31H2,1-3H3,(H,32,34). The molecule has 0 heterocycles. The molecule has 2 bridgehead atoms. The molecule has 188 valence electrons. The lowest BCUT2D eigenvalue weighted by molar-refractivity contribution is -0.136. The van der Waals surface area contributed by atoms with Gasteiger partial charge in [-0.1, -0.05) is 48.0 Å². The van der Waals surface area contributed by atoms with E-state index < -0.39 is 35.4 Å². The lowest BCUT2D eigenvalue weighted by Crippen LogP contribution is -2.49. The first kappa shape index (κ1) is 25.6. The third-order valence-corrected chi connectivity index (χ3v) is 7.34. The highest BCUT2D eigenvalue weighted by molar-refractivity contribution is 6.30. The molecule has 5 nitrogen and oxygen atoms in total. The summed E-state index contributed by atoms with van der Waals surface area (Å²) in [6, 6.07) is 10.6. The van der Waals surface area contributed by atoms with Gasteiger partial charge in [-0.15, -0.1) is 0 Å². The molecule has 35 heavy (non-hydrogen) atoms. The number of alkyl halides is 2. The fourth-order valence-electron chi connectivity index (χ4n) is 5.49. The molecular weight excluding hydrogens is 474 g/mol. The molecule has 5 unspecified atom stereocenters. The first-order valence-electron chi connectivity index (χ1n) is 11.9. The maximum absolute atomic E-state index is 15.4. The predicted molar refractivity (Wildman–Crippen MR) is 131 cm³/mol. The zero-order chi connectivity index (χ0) is 25.5. The second-order valence-corrected chi connectivity index (χ2v) is 11.0. The lowest BCUT2D eigenvalue weighted by atomic mass is 9.84. The molecule has 2 aromatic carbocycles. The number of ether oxygens (including phenoxy) is 1. The summed E-state index contributed by atoms with van der Waals surface area (Å²) < 4.78 is 36.0. The van der Waals surface area contributed by atoms with Crippen molar-refractivity contribution in [3.63, 3.8) is 0 Å². The van der Waals surface area contributed by atoms with Gasteiger partial charge in [0, 0.05) is 22.5 Å². The molecule has 3 N–H and O–H groups in total. The Morgan fingerprint density at radius 2 is 1.60 bits per heavy atom.